The molecule has 122 valence electrons. The van der Waals surface area contributed by atoms with Crippen molar-refractivity contribution in [1.82, 2.24) is 5.32 Å². The van der Waals surface area contributed by atoms with Crippen molar-refractivity contribution in [2.75, 3.05) is 11.9 Å². The van der Waals surface area contributed by atoms with Crippen LogP contribution in [0.3, 0.4) is 0 Å². The number of anilines is 1. The van der Waals surface area contributed by atoms with Crippen LogP contribution in [0.4, 0.5) is 5.69 Å². The van der Waals surface area contributed by atoms with Crippen molar-refractivity contribution in [3.05, 3.63) is 29.8 Å². The summed E-state index contributed by atoms with van der Waals surface area (Å²) in [4.78, 5) is 35.7. The van der Waals surface area contributed by atoms with Gasteiger partial charge in [-0.05, 0) is 37.8 Å². The number of rotatable bonds is 6. The van der Waals surface area contributed by atoms with Gasteiger partial charge in [-0.3, -0.25) is 14.4 Å². The number of benzene rings is 1. The lowest BCUT2D eigenvalue weighted by Gasteiger charge is -2.22. The minimum atomic E-state index is -0.440. The van der Waals surface area contributed by atoms with Gasteiger partial charge in [-0.1, -0.05) is 18.6 Å². The van der Waals surface area contributed by atoms with E-state index < -0.39 is 5.91 Å². The fraction of sp³-hybridized carbons (Fsp3) is 0.471. The Kier molecular flexibility index (Phi) is 4.60. The first-order valence-electron chi connectivity index (χ1n) is 8.00. The third kappa shape index (κ3) is 4.09. The average molecular weight is 316 g/mol. The molecule has 0 bridgehead atoms. The molecule has 2 aliphatic rings. The summed E-state index contributed by atoms with van der Waals surface area (Å²) in [6.45, 7) is -0.325. The van der Waals surface area contributed by atoms with E-state index in [1.54, 1.807) is 24.3 Å². The summed E-state index contributed by atoms with van der Waals surface area (Å²) in [5, 5.41) is 5.53. The van der Waals surface area contributed by atoms with E-state index in [1.807, 2.05) is 0 Å². The van der Waals surface area contributed by atoms with Crippen molar-refractivity contribution in [2.45, 2.75) is 38.1 Å². The highest BCUT2D eigenvalue weighted by Gasteiger charge is 2.27. The maximum absolute atomic E-state index is 12.2. The molecule has 0 saturated heterocycles. The van der Waals surface area contributed by atoms with Gasteiger partial charge in [0.25, 0.3) is 11.8 Å². The van der Waals surface area contributed by atoms with Crippen LogP contribution in [0.5, 0.6) is 0 Å². The molecule has 2 amide bonds. The quantitative estimate of drug-likeness (QED) is 0.785. The number of carbonyl (C=O) groups is 3. The molecular weight excluding hydrogens is 296 g/mol. The Bertz CT molecular complexity index is 621. The lowest BCUT2D eigenvalue weighted by Crippen LogP contribution is -2.29. The van der Waals surface area contributed by atoms with Crippen LogP contribution in [-0.4, -0.2) is 30.4 Å². The Labute approximate surface area is 134 Å². The predicted molar refractivity (Wildman–Crippen MR) is 83.9 cm³/mol. The lowest BCUT2D eigenvalue weighted by atomic mass is 9.86. The fourth-order valence-corrected chi connectivity index (χ4v) is 2.37. The monoisotopic (exact) mass is 316 g/mol. The molecule has 6 nitrogen and oxygen atoms in total. The fourth-order valence-electron chi connectivity index (χ4n) is 2.37. The van der Waals surface area contributed by atoms with Crippen LogP contribution in [0.25, 0.3) is 0 Å². The zero-order valence-electron chi connectivity index (χ0n) is 12.8. The summed E-state index contributed by atoms with van der Waals surface area (Å²) in [5.41, 5.74) is 0.841. The Morgan fingerprint density at radius 3 is 2.48 bits per heavy atom. The number of amides is 2. The van der Waals surface area contributed by atoms with Crippen molar-refractivity contribution in [3.63, 3.8) is 0 Å². The van der Waals surface area contributed by atoms with E-state index in [9.17, 15) is 14.4 Å². The van der Waals surface area contributed by atoms with Crippen LogP contribution < -0.4 is 10.6 Å². The van der Waals surface area contributed by atoms with Gasteiger partial charge in [-0.2, -0.15) is 0 Å². The van der Waals surface area contributed by atoms with Gasteiger partial charge in [-0.15, -0.1) is 0 Å². The number of nitrogens with one attached hydrogen (secondary N) is 2. The number of carbonyl (C=O) groups excluding carboxylic acids is 3. The maximum atomic E-state index is 12.2. The Balaban J connectivity index is 1.54. The Morgan fingerprint density at radius 1 is 1.09 bits per heavy atom. The largest absolute Gasteiger partial charge is 0.455 e. The van der Waals surface area contributed by atoms with E-state index in [0.717, 1.165) is 32.1 Å². The van der Waals surface area contributed by atoms with Crippen molar-refractivity contribution < 1.29 is 19.1 Å². The molecule has 1 aromatic carbocycles. The van der Waals surface area contributed by atoms with Crippen LogP contribution >= 0.6 is 0 Å². The van der Waals surface area contributed by atoms with Crippen molar-refractivity contribution in [3.8, 4) is 0 Å². The van der Waals surface area contributed by atoms with E-state index in [-0.39, 0.29) is 30.4 Å². The van der Waals surface area contributed by atoms with Gasteiger partial charge in [0.1, 0.15) is 0 Å². The van der Waals surface area contributed by atoms with Crippen LogP contribution in [0.1, 0.15) is 42.5 Å². The first-order chi connectivity index (χ1) is 11.1. The summed E-state index contributed by atoms with van der Waals surface area (Å²) in [5.74, 6) is -1.01. The number of para-hydroxylation sites is 1. The molecule has 3 rings (SSSR count). The topological polar surface area (TPSA) is 84.5 Å². The summed E-state index contributed by atoms with van der Waals surface area (Å²) in [6, 6.07) is 7.05. The molecule has 1 aromatic rings. The second-order valence-electron chi connectivity index (χ2n) is 6.08. The standard InChI is InChI=1S/C17H20N2O4/c20-15(10-23-17(22)11-4-3-5-11)19-14-7-2-1-6-13(14)16(21)18-12-8-9-12/h1-2,6-7,11-12H,3-5,8-10H2,(H,18,21)(H,19,20). The van der Waals surface area contributed by atoms with Crippen LogP contribution in [-0.2, 0) is 14.3 Å². The van der Waals surface area contributed by atoms with Crippen LogP contribution in [0, 0.1) is 5.92 Å². The van der Waals surface area contributed by atoms with Gasteiger partial charge in [0.05, 0.1) is 17.2 Å². The molecular formula is C17H20N2O4. The van der Waals surface area contributed by atoms with E-state index in [1.165, 1.54) is 0 Å². The minimum Gasteiger partial charge on any atom is -0.455 e. The smallest absolute Gasteiger partial charge is 0.309 e. The molecule has 0 aliphatic heterocycles. The number of hydrogen-bond donors (Lipinski definition) is 2. The summed E-state index contributed by atoms with van der Waals surface area (Å²) < 4.78 is 5.00. The van der Waals surface area contributed by atoms with Crippen LogP contribution in [0.15, 0.2) is 24.3 Å². The van der Waals surface area contributed by atoms with Gasteiger partial charge in [0.2, 0.25) is 0 Å². The molecule has 6 heteroatoms. The van der Waals surface area contributed by atoms with Crippen molar-refractivity contribution in [2.24, 2.45) is 5.92 Å². The summed E-state index contributed by atoms with van der Waals surface area (Å²) >= 11 is 0. The Hall–Kier alpha value is -2.37. The van der Waals surface area contributed by atoms with Crippen molar-refractivity contribution in [1.29, 1.82) is 0 Å². The number of esters is 1. The van der Waals surface area contributed by atoms with Gasteiger partial charge < -0.3 is 15.4 Å². The Morgan fingerprint density at radius 2 is 1.83 bits per heavy atom. The minimum absolute atomic E-state index is 0.0561. The van der Waals surface area contributed by atoms with Gasteiger partial charge in [0.15, 0.2) is 6.61 Å². The zero-order chi connectivity index (χ0) is 16.2. The van der Waals surface area contributed by atoms with E-state index in [4.69, 9.17) is 4.74 Å². The zero-order valence-corrected chi connectivity index (χ0v) is 12.8. The van der Waals surface area contributed by atoms with E-state index in [0.29, 0.717) is 11.3 Å². The van der Waals surface area contributed by atoms with Gasteiger partial charge in [-0.25, -0.2) is 0 Å². The molecule has 2 fully saturated rings. The highest BCUT2D eigenvalue weighted by atomic mass is 16.5. The SMILES string of the molecule is O=C(COC(=O)C1CCC1)Nc1ccccc1C(=O)NC1CC1. The highest BCUT2D eigenvalue weighted by Crippen LogP contribution is 2.27. The second-order valence-corrected chi connectivity index (χ2v) is 6.08. The molecule has 0 aromatic heterocycles. The molecule has 2 N–H and O–H groups in total. The third-order valence-electron chi connectivity index (χ3n) is 4.14. The summed E-state index contributed by atoms with van der Waals surface area (Å²) in [7, 11) is 0. The summed E-state index contributed by atoms with van der Waals surface area (Å²) in [6.07, 6.45) is 4.71. The normalized spacial score (nSPS) is 17.0. The second kappa shape index (κ2) is 6.81. The number of hydrogen-bond acceptors (Lipinski definition) is 4. The maximum Gasteiger partial charge on any atom is 0.309 e. The molecule has 0 unspecified atom stereocenters. The van der Waals surface area contributed by atoms with E-state index >= 15 is 0 Å². The third-order valence-corrected chi connectivity index (χ3v) is 4.14. The number of ether oxygens (including phenoxy) is 1. The molecule has 0 radical (unpaired) electrons. The highest BCUT2D eigenvalue weighted by molar-refractivity contribution is 6.04. The molecule has 2 aliphatic carbocycles. The molecule has 0 heterocycles. The predicted octanol–water partition coefficient (Wildman–Crippen LogP) is 1.86. The van der Waals surface area contributed by atoms with Crippen molar-refractivity contribution >= 4 is 23.5 Å². The van der Waals surface area contributed by atoms with Gasteiger partial charge >= 0.3 is 5.97 Å². The molecule has 0 atom stereocenters. The molecule has 23 heavy (non-hydrogen) atoms. The van der Waals surface area contributed by atoms with Gasteiger partial charge in [0, 0.05) is 6.04 Å². The van der Waals surface area contributed by atoms with Crippen LogP contribution in [0.2, 0.25) is 0 Å². The molecule has 2 saturated carbocycles. The lowest BCUT2D eigenvalue weighted by molar-refractivity contribution is -0.154. The first kappa shape index (κ1) is 15.5. The van der Waals surface area contributed by atoms with E-state index in [2.05, 4.69) is 10.6 Å². The average Bonchev–Trinajstić information content (AvgIpc) is 3.28. The first-order valence-corrected chi connectivity index (χ1v) is 8.00. The molecule has 0 spiro atoms.